The highest BCUT2D eigenvalue weighted by molar-refractivity contribution is 5.99. The predicted octanol–water partition coefficient (Wildman–Crippen LogP) is 3.83. The predicted molar refractivity (Wildman–Crippen MR) is 92.0 cm³/mol. The van der Waals surface area contributed by atoms with E-state index in [4.69, 9.17) is 13.8 Å². The van der Waals surface area contributed by atoms with Crippen LogP contribution >= 0.6 is 0 Å². The van der Waals surface area contributed by atoms with Crippen LogP contribution in [-0.4, -0.2) is 16.8 Å². The minimum Gasteiger partial charge on any atom is -0.461 e. The second-order valence-electron chi connectivity index (χ2n) is 5.37. The molecule has 0 fully saturated rings. The molecular weight excluding hydrogens is 322 g/mol. The average Bonchev–Trinajstić information content (AvgIpc) is 3.26. The van der Waals surface area contributed by atoms with Crippen LogP contribution in [0.25, 0.3) is 11.5 Å². The van der Waals surface area contributed by atoms with Crippen LogP contribution in [0.15, 0.2) is 62.8 Å². The van der Waals surface area contributed by atoms with Gasteiger partial charge in [-0.15, -0.1) is 0 Å². The molecule has 1 N–H and O–H groups in total. The van der Waals surface area contributed by atoms with E-state index in [0.29, 0.717) is 22.9 Å². The summed E-state index contributed by atoms with van der Waals surface area (Å²) in [6.07, 6.45) is 1.57. The van der Waals surface area contributed by atoms with Crippen LogP contribution in [-0.2, 0) is 16.2 Å². The highest BCUT2D eigenvalue weighted by Gasteiger charge is 2.09. The van der Waals surface area contributed by atoms with Gasteiger partial charge in [0.25, 0.3) is 0 Å². The number of nitrogens with one attached hydrogen (secondary N) is 1. The molecule has 0 aliphatic carbocycles. The van der Waals surface area contributed by atoms with Gasteiger partial charge in [0.15, 0.2) is 12.4 Å². The number of furan rings is 1. The highest BCUT2D eigenvalue weighted by atomic mass is 16.6. The van der Waals surface area contributed by atoms with E-state index in [-0.39, 0.29) is 12.5 Å². The molecule has 0 atom stereocenters. The number of rotatable bonds is 6. The first-order valence-electron chi connectivity index (χ1n) is 7.66. The molecule has 0 aliphatic heterocycles. The van der Waals surface area contributed by atoms with Gasteiger partial charge in [-0.2, -0.15) is 0 Å². The van der Waals surface area contributed by atoms with E-state index < -0.39 is 0 Å². The molecule has 3 rings (SSSR count). The van der Waals surface area contributed by atoms with Crippen LogP contribution in [0.1, 0.15) is 25.1 Å². The molecule has 7 nitrogen and oxygen atoms in total. The number of hydrogen-bond donors (Lipinski definition) is 1. The summed E-state index contributed by atoms with van der Waals surface area (Å²) in [6, 6.07) is 12.6. The monoisotopic (exact) mass is 339 g/mol. The number of amides is 1. The van der Waals surface area contributed by atoms with E-state index in [9.17, 15) is 4.79 Å². The van der Waals surface area contributed by atoms with E-state index >= 15 is 0 Å². The first-order chi connectivity index (χ1) is 12.1. The zero-order valence-corrected chi connectivity index (χ0v) is 13.9. The van der Waals surface area contributed by atoms with Crippen LogP contribution in [0.2, 0.25) is 0 Å². The van der Waals surface area contributed by atoms with Gasteiger partial charge in [-0.3, -0.25) is 4.79 Å². The Morgan fingerprint density at radius 1 is 1.20 bits per heavy atom. The summed E-state index contributed by atoms with van der Waals surface area (Å²) in [5, 5.41) is 10.7. The molecule has 1 aromatic carbocycles. The number of anilines is 1. The Bertz CT molecular complexity index is 864. The lowest BCUT2D eigenvalue weighted by molar-refractivity contribution is -0.114. The number of hydrogen-bond acceptors (Lipinski definition) is 6. The minimum absolute atomic E-state index is 0.108. The Hall–Kier alpha value is -3.35. The van der Waals surface area contributed by atoms with Crippen molar-refractivity contribution in [2.24, 2.45) is 5.16 Å². The van der Waals surface area contributed by atoms with Crippen LogP contribution in [0.3, 0.4) is 0 Å². The van der Waals surface area contributed by atoms with Crippen LogP contribution in [0.5, 0.6) is 0 Å². The molecule has 0 spiro atoms. The summed E-state index contributed by atoms with van der Waals surface area (Å²) in [7, 11) is 0. The summed E-state index contributed by atoms with van der Waals surface area (Å²) >= 11 is 0. The zero-order valence-electron chi connectivity index (χ0n) is 13.9. The minimum atomic E-state index is -0.108. The van der Waals surface area contributed by atoms with Gasteiger partial charge in [0, 0.05) is 18.7 Å². The van der Waals surface area contributed by atoms with Crippen molar-refractivity contribution in [1.82, 2.24) is 5.16 Å². The Morgan fingerprint density at radius 2 is 2.00 bits per heavy atom. The fourth-order valence-corrected chi connectivity index (χ4v) is 2.16. The lowest BCUT2D eigenvalue weighted by Crippen LogP contribution is -2.06. The Labute approximate surface area is 144 Å². The second-order valence-corrected chi connectivity index (χ2v) is 5.37. The van der Waals surface area contributed by atoms with E-state index in [1.54, 1.807) is 24.5 Å². The van der Waals surface area contributed by atoms with Crippen molar-refractivity contribution in [3.63, 3.8) is 0 Å². The Morgan fingerprint density at radius 3 is 2.68 bits per heavy atom. The van der Waals surface area contributed by atoms with Gasteiger partial charge in [-0.05, 0) is 36.8 Å². The van der Waals surface area contributed by atoms with Crippen molar-refractivity contribution in [2.45, 2.75) is 20.5 Å². The fraction of sp³-hybridized carbons (Fsp3) is 0.167. The number of carbonyl (C=O) groups is 1. The van der Waals surface area contributed by atoms with Gasteiger partial charge in [-0.1, -0.05) is 22.4 Å². The Kier molecular flexibility index (Phi) is 4.94. The topological polar surface area (TPSA) is 89.9 Å². The van der Waals surface area contributed by atoms with Gasteiger partial charge < -0.3 is 19.1 Å². The first-order valence-corrected chi connectivity index (χ1v) is 7.66. The molecule has 0 saturated carbocycles. The molecule has 0 saturated heterocycles. The SMILES string of the molecule is CC(=O)Nc1ccc(/C(C)=N/OCc2cc(-c3ccco3)on2)cc1. The quantitative estimate of drug-likeness (QED) is 0.544. The summed E-state index contributed by atoms with van der Waals surface area (Å²) < 4.78 is 10.4. The molecule has 7 heteroatoms. The number of benzene rings is 1. The van der Waals surface area contributed by atoms with Gasteiger partial charge in [0.2, 0.25) is 11.7 Å². The zero-order chi connectivity index (χ0) is 17.6. The van der Waals surface area contributed by atoms with Gasteiger partial charge in [-0.25, -0.2) is 0 Å². The second kappa shape index (κ2) is 7.48. The largest absolute Gasteiger partial charge is 0.461 e. The smallest absolute Gasteiger partial charge is 0.221 e. The lowest BCUT2D eigenvalue weighted by Gasteiger charge is -2.04. The third kappa shape index (κ3) is 4.35. The number of aromatic nitrogens is 1. The van der Waals surface area contributed by atoms with Crippen LogP contribution in [0.4, 0.5) is 5.69 Å². The molecule has 1 amide bonds. The molecule has 128 valence electrons. The summed E-state index contributed by atoms with van der Waals surface area (Å²) in [5.74, 6) is 1.04. The van der Waals surface area contributed by atoms with E-state index in [2.05, 4.69) is 15.6 Å². The fourth-order valence-electron chi connectivity index (χ4n) is 2.16. The van der Waals surface area contributed by atoms with Crippen LogP contribution in [0, 0.1) is 0 Å². The van der Waals surface area contributed by atoms with Crippen molar-refractivity contribution < 1.29 is 18.6 Å². The molecule has 2 heterocycles. The van der Waals surface area contributed by atoms with E-state index in [1.807, 2.05) is 31.2 Å². The normalized spacial score (nSPS) is 11.4. The average molecular weight is 339 g/mol. The maximum Gasteiger partial charge on any atom is 0.221 e. The molecule has 0 aliphatic rings. The third-order valence-electron chi connectivity index (χ3n) is 3.36. The molecule has 2 aromatic heterocycles. The van der Waals surface area contributed by atoms with Crippen molar-refractivity contribution >= 4 is 17.3 Å². The third-order valence-corrected chi connectivity index (χ3v) is 3.36. The molecular formula is C18H17N3O4. The maximum absolute atomic E-state index is 11.0. The Balaban J connectivity index is 1.57. The van der Waals surface area contributed by atoms with E-state index in [0.717, 1.165) is 11.3 Å². The lowest BCUT2D eigenvalue weighted by atomic mass is 10.1. The van der Waals surface area contributed by atoms with E-state index in [1.165, 1.54) is 6.92 Å². The molecule has 0 unspecified atom stereocenters. The summed E-state index contributed by atoms with van der Waals surface area (Å²) in [4.78, 5) is 16.3. The molecule has 0 bridgehead atoms. The highest BCUT2D eigenvalue weighted by Crippen LogP contribution is 2.20. The van der Waals surface area contributed by atoms with Gasteiger partial charge >= 0.3 is 0 Å². The number of oxime groups is 1. The van der Waals surface area contributed by atoms with Crippen LogP contribution < -0.4 is 5.32 Å². The van der Waals surface area contributed by atoms with Crippen molar-refractivity contribution in [3.8, 4) is 11.5 Å². The molecule has 3 aromatic rings. The molecule has 0 radical (unpaired) electrons. The standard InChI is InChI=1S/C18H17N3O4/c1-12(14-5-7-15(8-6-14)19-13(2)22)20-24-11-16-10-18(25-21-16)17-4-3-9-23-17/h3-10H,11H2,1-2H3,(H,19,22)/b20-12+. The van der Waals surface area contributed by atoms with Gasteiger partial charge in [0.05, 0.1) is 12.0 Å². The van der Waals surface area contributed by atoms with Crippen molar-refractivity contribution in [1.29, 1.82) is 0 Å². The van der Waals surface area contributed by atoms with Crippen molar-refractivity contribution in [2.75, 3.05) is 5.32 Å². The molecule has 25 heavy (non-hydrogen) atoms. The summed E-state index contributed by atoms with van der Waals surface area (Å²) in [5.41, 5.74) is 2.96. The number of carbonyl (C=O) groups excluding carboxylic acids is 1. The van der Waals surface area contributed by atoms with Crippen molar-refractivity contribution in [3.05, 3.63) is 60.0 Å². The maximum atomic E-state index is 11.0. The first kappa shape index (κ1) is 16.5. The summed E-state index contributed by atoms with van der Waals surface area (Å²) in [6.45, 7) is 3.49. The van der Waals surface area contributed by atoms with Gasteiger partial charge in [0.1, 0.15) is 5.69 Å². The number of nitrogens with zero attached hydrogens (tertiary/aromatic N) is 2.